The first kappa shape index (κ1) is 15.5. The van der Waals surface area contributed by atoms with Crippen LogP contribution in [-0.4, -0.2) is 23.5 Å². The molecule has 0 atom stereocenters. The van der Waals surface area contributed by atoms with Crippen LogP contribution in [-0.2, 0) is 4.79 Å². The summed E-state index contributed by atoms with van der Waals surface area (Å²) < 4.78 is 14.4. The summed E-state index contributed by atoms with van der Waals surface area (Å²) in [5.41, 5.74) is 0.303. The molecule has 0 aliphatic heterocycles. The first-order valence-corrected chi connectivity index (χ1v) is 7.34. The van der Waals surface area contributed by atoms with Crippen LogP contribution < -0.4 is 4.90 Å². The summed E-state index contributed by atoms with van der Waals surface area (Å²) in [6.07, 6.45) is 0. The van der Waals surface area contributed by atoms with E-state index in [1.54, 1.807) is 30.9 Å². The number of nitrogens with zero attached hydrogens (tertiary/aromatic N) is 1. The van der Waals surface area contributed by atoms with Gasteiger partial charge in [0.05, 0.1) is 11.4 Å². The average molecular weight is 334 g/mol. The third-order valence-corrected chi connectivity index (χ3v) is 4.02. The van der Waals surface area contributed by atoms with Gasteiger partial charge in [0.2, 0.25) is 5.91 Å². The SMILES string of the molecule is CN(C(=O)CSC(C)(C)C)c1ccc(Br)cc1F. The van der Waals surface area contributed by atoms with Gasteiger partial charge in [-0.25, -0.2) is 4.39 Å². The molecule has 0 unspecified atom stereocenters. The molecule has 100 valence electrons. The van der Waals surface area contributed by atoms with Gasteiger partial charge in [-0.2, -0.15) is 0 Å². The van der Waals surface area contributed by atoms with Crippen LogP contribution >= 0.6 is 27.7 Å². The van der Waals surface area contributed by atoms with Crippen LogP contribution in [0, 0.1) is 5.82 Å². The molecule has 0 heterocycles. The zero-order chi connectivity index (χ0) is 13.9. The maximum Gasteiger partial charge on any atom is 0.236 e. The van der Waals surface area contributed by atoms with Crippen LogP contribution in [0.25, 0.3) is 0 Å². The van der Waals surface area contributed by atoms with Gasteiger partial charge in [-0.1, -0.05) is 36.7 Å². The lowest BCUT2D eigenvalue weighted by Crippen LogP contribution is -2.30. The number of thioether (sulfide) groups is 1. The molecule has 0 saturated heterocycles. The predicted molar refractivity (Wildman–Crippen MR) is 79.7 cm³/mol. The van der Waals surface area contributed by atoms with Gasteiger partial charge in [0, 0.05) is 16.3 Å². The predicted octanol–water partition coefficient (Wildman–Crippen LogP) is 4.08. The second-order valence-electron chi connectivity index (χ2n) is 4.95. The molecular weight excluding hydrogens is 317 g/mol. The van der Waals surface area contributed by atoms with Crippen molar-refractivity contribution in [2.75, 3.05) is 17.7 Å². The van der Waals surface area contributed by atoms with Gasteiger partial charge >= 0.3 is 0 Å². The fourth-order valence-electron chi connectivity index (χ4n) is 1.26. The van der Waals surface area contributed by atoms with Crippen LogP contribution in [0.3, 0.4) is 0 Å². The lowest BCUT2D eigenvalue weighted by atomic mass is 10.3. The topological polar surface area (TPSA) is 20.3 Å². The Morgan fingerprint density at radius 2 is 2.06 bits per heavy atom. The summed E-state index contributed by atoms with van der Waals surface area (Å²) in [7, 11) is 1.60. The lowest BCUT2D eigenvalue weighted by molar-refractivity contribution is -0.115. The molecule has 0 aromatic heterocycles. The average Bonchev–Trinajstić information content (AvgIpc) is 2.24. The van der Waals surface area contributed by atoms with Crippen molar-refractivity contribution in [3.63, 3.8) is 0 Å². The molecule has 2 nitrogen and oxygen atoms in total. The zero-order valence-electron chi connectivity index (χ0n) is 11.0. The second kappa shape index (κ2) is 6.06. The summed E-state index contributed by atoms with van der Waals surface area (Å²) in [6.45, 7) is 6.14. The normalized spacial score (nSPS) is 11.4. The largest absolute Gasteiger partial charge is 0.312 e. The van der Waals surface area contributed by atoms with E-state index in [-0.39, 0.29) is 10.7 Å². The highest BCUT2D eigenvalue weighted by Gasteiger charge is 2.18. The van der Waals surface area contributed by atoms with Crippen LogP contribution in [0.15, 0.2) is 22.7 Å². The van der Waals surface area contributed by atoms with E-state index in [1.807, 2.05) is 20.8 Å². The second-order valence-corrected chi connectivity index (χ2v) is 7.67. The first-order chi connectivity index (χ1) is 8.20. The summed E-state index contributed by atoms with van der Waals surface area (Å²) in [4.78, 5) is 13.3. The third kappa shape index (κ3) is 4.61. The van der Waals surface area contributed by atoms with E-state index in [0.717, 1.165) is 0 Å². The van der Waals surface area contributed by atoms with Gasteiger partial charge in [-0.3, -0.25) is 4.79 Å². The minimum absolute atomic E-state index is 0.0226. The molecule has 0 saturated carbocycles. The molecule has 1 aromatic carbocycles. The van der Waals surface area contributed by atoms with E-state index in [0.29, 0.717) is 15.9 Å². The molecule has 1 aromatic rings. The summed E-state index contributed by atoms with van der Waals surface area (Å²) in [6, 6.07) is 4.67. The number of hydrogen-bond donors (Lipinski definition) is 0. The number of benzene rings is 1. The smallest absolute Gasteiger partial charge is 0.236 e. The molecule has 0 N–H and O–H groups in total. The Morgan fingerprint density at radius 3 is 2.56 bits per heavy atom. The molecule has 0 aliphatic rings. The summed E-state index contributed by atoms with van der Waals surface area (Å²) in [5, 5.41) is 0. The molecule has 0 bridgehead atoms. The van der Waals surface area contributed by atoms with Crippen molar-refractivity contribution >= 4 is 39.3 Å². The fraction of sp³-hybridized carbons (Fsp3) is 0.462. The highest BCUT2D eigenvalue weighted by molar-refractivity contribution is 9.10. The maximum absolute atomic E-state index is 13.7. The fourth-order valence-corrected chi connectivity index (χ4v) is 2.35. The van der Waals surface area contributed by atoms with Crippen molar-refractivity contribution in [1.29, 1.82) is 0 Å². The lowest BCUT2D eigenvalue weighted by Gasteiger charge is -2.21. The van der Waals surface area contributed by atoms with Crippen molar-refractivity contribution in [3.8, 4) is 0 Å². The third-order valence-electron chi connectivity index (χ3n) is 2.27. The number of carbonyl (C=O) groups is 1. The molecular formula is C13H17BrFNOS. The van der Waals surface area contributed by atoms with E-state index in [2.05, 4.69) is 15.9 Å². The van der Waals surface area contributed by atoms with Gasteiger partial charge in [0.15, 0.2) is 0 Å². The molecule has 0 fully saturated rings. The van der Waals surface area contributed by atoms with E-state index in [1.165, 1.54) is 11.0 Å². The zero-order valence-corrected chi connectivity index (χ0v) is 13.4. The number of amides is 1. The molecule has 1 rings (SSSR count). The van der Waals surface area contributed by atoms with Crippen LogP contribution in [0.5, 0.6) is 0 Å². The van der Waals surface area contributed by atoms with E-state index < -0.39 is 5.82 Å². The van der Waals surface area contributed by atoms with Gasteiger partial charge < -0.3 is 4.90 Å². The van der Waals surface area contributed by atoms with Gasteiger partial charge in [0.1, 0.15) is 5.82 Å². The Morgan fingerprint density at radius 1 is 1.44 bits per heavy atom. The molecule has 0 spiro atoms. The van der Waals surface area contributed by atoms with Gasteiger partial charge in [-0.15, -0.1) is 11.8 Å². The van der Waals surface area contributed by atoms with E-state index >= 15 is 0 Å². The monoisotopic (exact) mass is 333 g/mol. The minimum atomic E-state index is -0.402. The number of halogens is 2. The first-order valence-electron chi connectivity index (χ1n) is 5.56. The Labute approximate surface area is 120 Å². The summed E-state index contributed by atoms with van der Waals surface area (Å²) >= 11 is 4.74. The van der Waals surface area contributed by atoms with Crippen LogP contribution in [0.1, 0.15) is 20.8 Å². The van der Waals surface area contributed by atoms with Crippen LogP contribution in [0.4, 0.5) is 10.1 Å². The van der Waals surface area contributed by atoms with Crippen molar-refractivity contribution in [2.24, 2.45) is 0 Å². The van der Waals surface area contributed by atoms with Crippen molar-refractivity contribution in [2.45, 2.75) is 25.5 Å². The Hall–Kier alpha value is -0.550. The van der Waals surface area contributed by atoms with E-state index in [9.17, 15) is 9.18 Å². The standard InChI is InChI=1S/C13H17BrFNOS/c1-13(2,3)18-8-12(17)16(4)11-6-5-9(14)7-10(11)15/h5-7H,8H2,1-4H3. The number of hydrogen-bond acceptors (Lipinski definition) is 2. The maximum atomic E-state index is 13.7. The molecule has 1 amide bonds. The van der Waals surface area contributed by atoms with Gasteiger partial charge in [0.25, 0.3) is 0 Å². The Bertz CT molecular complexity index is 445. The molecule has 0 aliphatic carbocycles. The van der Waals surface area contributed by atoms with Crippen molar-refractivity contribution < 1.29 is 9.18 Å². The van der Waals surface area contributed by atoms with Crippen molar-refractivity contribution in [1.82, 2.24) is 0 Å². The van der Waals surface area contributed by atoms with Crippen molar-refractivity contribution in [3.05, 3.63) is 28.5 Å². The molecule has 5 heteroatoms. The highest BCUT2D eigenvalue weighted by atomic mass is 79.9. The van der Waals surface area contributed by atoms with E-state index in [4.69, 9.17) is 0 Å². The Kier molecular flexibility index (Phi) is 5.22. The van der Waals surface area contributed by atoms with Crippen LogP contribution in [0.2, 0.25) is 0 Å². The number of anilines is 1. The molecule has 0 radical (unpaired) electrons. The molecule has 18 heavy (non-hydrogen) atoms. The number of rotatable bonds is 3. The Balaban J connectivity index is 2.74. The van der Waals surface area contributed by atoms with Gasteiger partial charge in [-0.05, 0) is 18.2 Å². The quantitative estimate of drug-likeness (QED) is 0.830. The summed E-state index contributed by atoms with van der Waals surface area (Å²) in [5.74, 6) is -0.160. The minimum Gasteiger partial charge on any atom is -0.312 e. The number of carbonyl (C=O) groups excluding carboxylic acids is 1. The highest BCUT2D eigenvalue weighted by Crippen LogP contribution is 2.26.